The molecule has 1 spiro atoms. The molecular formula is C27H30N2O5. The lowest BCUT2D eigenvalue weighted by Crippen LogP contribution is -2.47. The summed E-state index contributed by atoms with van der Waals surface area (Å²) in [6.45, 7) is 4.93. The molecule has 2 saturated heterocycles. The van der Waals surface area contributed by atoms with Crippen molar-refractivity contribution in [3.8, 4) is 11.5 Å². The maximum Gasteiger partial charge on any atom is 0.231 e. The Morgan fingerprint density at radius 3 is 2.65 bits per heavy atom. The molecule has 7 heteroatoms. The van der Waals surface area contributed by atoms with E-state index < -0.39 is 5.79 Å². The third-order valence-electron chi connectivity index (χ3n) is 7.46. The first-order valence-corrected chi connectivity index (χ1v) is 12.2. The van der Waals surface area contributed by atoms with Crippen molar-refractivity contribution in [3.63, 3.8) is 0 Å². The Bertz CT molecular complexity index is 1200. The average molecular weight is 463 g/mol. The molecule has 34 heavy (non-hydrogen) atoms. The maximum absolute atomic E-state index is 13.6. The van der Waals surface area contributed by atoms with Crippen LogP contribution in [0.4, 0.5) is 0 Å². The van der Waals surface area contributed by atoms with E-state index in [0.29, 0.717) is 45.6 Å². The summed E-state index contributed by atoms with van der Waals surface area (Å²) in [6, 6.07) is 12.3. The number of fused-ring (bicyclic) bond motifs is 2. The van der Waals surface area contributed by atoms with E-state index in [4.69, 9.17) is 18.9 Å². The number of nitrogens with zero attached hydrogens (tertiary/aromatic N) is 1. The molecule has 1 amide bonds. The van der Waals surface area contributed by atoms with Crippen molar-refractivity contribution in [2.24, 2.45) is 0 Å². The predicted octanol–water partition coefficient (Wildman–Crippen LogP) is 4.35. The number of para-hydroxylation sites is 2. The normalized spacial score (nSPS) is 19.7. The van der Waals surface area contributed by atoms with Crippen molar-refractivity contribution >= 4 is 16.8 Å². The highest BCUT2D eigenvalue weighted by molar-refractivity contribution is 5.88. The summed E-state index contributed by atoms with van der Waals surface area (Å²) in [4.78, 5) is 19.0. The molecule has 6 rings (SSSR count). The molecule has 7 nitrogen and oxygen atoms in total. The number of carbonyl (C=O) groups is 1. The number of H-pyrrole nitrogens is 1. The van der Waals surface area contributed by atoms with Crippen LogP contribution >= 0.6 is 0 Å². The highest BCUT2D eigenvalue weighted by Crippen LogP contribution is 2.44. The van der Waals surface area contributed by atoms with Gasteiger partial charge in [-0.2, -0.15) is 0 Å². The Kier molecular flexibility index (Phi) is 5.46. The molecule has 1 aromatic heterocycles. The summed E-state index contributed by atoms with van der Waals surface area (Å²) in [6.07, 6.45) is 4.79. The summed E-state index contributed by atoms with van der Waals surface area (Å²) in [5, 5.41) is 1.15. The number of benzene rings is 2. The van der Waals surface area contributed by atoms with Gasteiger partial charge in [0.15, 0.2) is 17.3 Å². The van der Waals surface area contributed by atoms with Gasteiger partial charge in [0.1, 0.15) is 0 Å². The van der Waals surface area contributed by atoms with Gasteiger partial charge in [0.05, 0.1) is 13.2 Å². The molecule has 1 N–H and O–H groups in total. The van der Waals surface area contributed by atoms with Crippen molar-refractivity contribution in [1.82, 2.24) is 9.88 Å². The number of aromatic amines is 1. The van der Waals surface area contributed by atoms with Gasteiger partial charge in [-0.15, -0.1) is 0 Å². The van der Waals surface area contributed by atoms with E-state index in [9.17, 15) is 4.79 Å². The van der Waals surface area contributed by atoms with E-state index in [1.807, 2.05) is 17.0 Å². The molecule has 1 atom stereocenters. The fraction of sp³-hybridized carbons (Fsp3) is 0.444. The predicted molar refractivity (Wildman–Crippen MR) is 127 cm³/mol. The topological polar surface area (TPSA) is 73.0 Å². The molecule has 2 fully saturated rings. The molecular weight excluding hydrogens is 432 g/mol. The van der Waals surface area contributed by atoms with E-state index in [1.165, 1.54) is 5.56 Å². The summed E-state index contributed by atoms with van der Waals surface area (Å²) in [5.74, 6) is 0.969. The number of carbonyl (C=O) groups excluding carboxylic acids is 1. The van der Waals surface area contributed by atoms with Crippen LogP contribution in [0.5, 0.6) is 11.5 Å². The van der Waals surface area contributed by atoms with Gasteiger partial charge in [-0.05, 0) is 23.6 Å². The highest BCUT2D eigenvalue weighted by Gasteiger charge is 2.41. The number of aryl methyl sites for hydroxylation is 1. The van der Waals surface area contributed by atoms with Crippen LogP contribution in [0.15, 0.2) is 42.6 Å². The molecule has 1 unspecified atom stereocenters. The Hall–Kier alpha value is -3.03. The molecule has 3 aromatic rings. The molecule has 0 aliphatic carbocycles. The highest BCUT2D eigenvalue weighted by atomic mass is 16.7. The number of nitrogens with one attached hydrogen (secondary N) is 1. The lowest BCUT2D eigenvalue weighted by molar-refractivity contribution is -0.187. The van der Waals surface area contributed by atoms with Gasteiger partial charge in [-0.25, -0.2) is 0 Å². The first-order valence-electron chi connectivity index (χ1n) is 12.2. The van der Waals surface area contributed by atoms with E-state index in [-0.39, 0.29) is 18.6 Å². The van der Waals surface area contributed by atoms with Crippen LogP contribution in [0, 0.1) is 0 Å². The monoisotopic (exact) mass is 462 g/mol. The fourth-order valence-electron chi connectivity index (χ4n) is 5.62. The third-order valence-corrected chi connectivity index (χ3v) is 7.46. The molecule has 4 heterocycles. The average Bonchev–Trinajstić information content (AvgIpc) is 3.62. The Morgan fingerprint density at radius 1 is 1.06 bits per heavy atom. The van der Waals surface area contributed by atoms with Crippen LogP contribution in [0.25, 0.3) is 10.9 Å². The SMILES string of the molecule is CCc1cccc2c(C(CC(=O)N3CCC4(CC3)OCCO4)c3cccc4c3OCO4)c[nH]c12. The first-order chi connectivity index (χ1) is 16.7. The molecule has 3 aliphatic heterocycles. The summed E-state index contributed by atoms with van der Waals surface area (Å²) in [7, 11) is 0. The van der Waals surface area contributed by atoms with E-state index in [1.54, 1.807) is 0 Å². The second kappa shape index (κ2) is 8.64. The van der Waals surface area contributed by atoms with Gasteiger partial charge in [0, 0.05) is 60.9 Å². The number of hydrogen-bond donors (Lipinski definition) is 1. The number of amides is 1. The van der Waals surface area contributed by atoms with Crippen molar-refractivity contribution in [2.45, 2.75) is 44.3 Å². The van der Waals surface area contributed by atoms with Gasteiger partial charge in [0.2, 0.25) is 12.7 Å². The van der Waals surface area contributed by atoms with Gasteiger partial charge >= 0.3 is 0 Å². The van der Waals surface area contributed by atoms with Gasteiger partial charge in [-0.1, -0.05) is 37.3 Å². The van der Waals surface area contributed by atoms with Crippen molar-refractivity contribution in [2.75, 3.05) is 33.1 Å². The van der Waals surface area contributed by atoms with E-state index in [2.05, 4.69) is 42.4 Å². The first kappa shape index (κ1) is 21.5. The number of rotatable bonds is 5. The number of hydrogen-bond acceptors (Lipinski definition) is 5. The molecule has 3 aliphatic rings. The van der Waals surface area contributed by atoms with Gasteiger partial charge in [0.25, 0.3) is 0 Å². The van der Waals surface area contributed by atoms with E-state index >= 15 is 0 Å². The van der Waals surface area contributed by atoms with Crippen LogP contribution in [0.1, 0.15) is 48.8 Å². The van der Waals surface area contributed by atoms with Crippen LogP contribution in [0.3, 0.4) is 0 Å². The minimum atomic E-state index is -0.491. The molecule has 178 valence electrons. The third kappa shape index (κ3) is 3.63. The zero-order valence-corrected chi connectivity index (χ0v) is 19.5. The van der Waals surface area contributed by atoms with E-state index in [0.717, 1.165) is 39.9 Å². The van der Waals surface area contributed by atoms with Gasteiger partial charge in [-0.3, -0.25) is 4.79 Å². The number of piperidine rings is 1. The minimum absolute atomic E-state index is 0.135. The summed E-state index contributed by atoms with van der Waals surface area (Å²) < 4.78 is 23.2. The van der Waals surface area contributed by atoms with Crippen LogP contribution < -0.4 is 9.47 Å². The van der Waals surface area contributed by atoms with Crippen molar-refractivity contribution in [1.29, 1.82) is 0 Å². The largest absolute Gasteiger partial charge is 0.454 e. The number of ether oxygens (including phenoxy) is 4. The summed E-state index contributed by atoms with van der Waals surface area (Å²) >= 11 is 0. The lowest BCUT2D eigenvalue weighted by atomic mass is 9.86. The van der Waals surface area contributed by atoms with Crippen molar-refractivity contribution < 1.29 is 23.7 Å². The second-order valence-electron chi connectivity index (χ2n) is 9.26. The fourth-order valence-corrected chi connectivity index (χ4v) is 5.62. The Morgan fingerprint density at radius 2 is 1.85 bits per heavy atom. The zero-order chi connectivity index (χ0) is 23.1. The lowest BCUT2D eigenvalue weighted by Gasteiger charge is -2.38. The quantitative estimate of drug-likeness (QED) is 0.611. The number of likely N-dealkylation sites (tertiary alicyclic amines) is 1. The zero-order valence-electron chi connectivity index (χ0n) is 19.5. The number of aromatic nitrogens is 1. The molecule has 0 bridgehead atoms. The Labute approximate surface area is 198 Å². The van der Waals surface area contributed by atoms with Crippen LogP contribution in [-0.4, -0.2) is 54.7 Å². The molecule has 2 aromatic carbocycles. The summed E-state index contributed by atoms with van der Waals surface area (Å²) in [5.41, 5.74) is 4.50. The standard InChI is InChI=1S/C27H30N2O5/c1-2-18-5-3-6-19-22(16-28-25(18)19)21(20-7-4-8-23-26(20)32-17-31-23)15-24(30)29-11-9-27(10-12-29)33-13-14-34-27/h3-8,16,21,28H,2,9-15,17H2,1H3. The van der Waals surface area contributed by atoms with Crippen LogP contribution in [-0.2, 0) is 20.7 Å². The maximum atomic E-state index is 13.6. The van der Waals surface area contributed by atoms with Crippen molar-refractivity contribution in [3.05, 3.63) is 59.3 Å². The van der Waals surface area contributed by atoms with Gasteiger partial charge < -0.3 is 28.8 Å². The second-order valence-corrected chi connectivity index (χ2v) is 9.26. The Balaban J connectivity index is 1.34. The molecule has 0 saturated carbocycles. The molecule has 0 radical (unpaired) electrons. The van der Waals surface area contributed by atoms with Crippen LogP contribution in [0.2, 0.25) is 0 Å². The minimum Gasteiger partial charge on any atom is -0.454 e. The smallest absolute Gasteiger partial charge is 0.231 e.